The molecule has 0 aliphatic rings. The summed E-state index contributed by atoms with van der Waals surface area (Å²) in [6, 6.07) is 22.3. The number of fused-ring (bicyclic) bond motifs is 1. The highest BCUT2D eigenvalue weighted by molar-refractivity contribution is 5.84. The summed E-state index contributed by atoms with van der Waals surface area (Å²) >= 11 is 0. The molecule has 1 amide bonds. The van der Waals surface area contributed by atoms with E-state index in [0.29, 0.717) is 23.6 Å². The smallest absolute Gasteiger partial charge is 0.487 e. The molecule has 4 rings (SSSR count). The van der Waals surface area contributed by atoms with E-state index >= 15 is 0 Å². The van der Waals surface area contributed by atoms with Gasteiger partial charge in [0.15, 0.2) is 0 Å². The Morgan fingerprint density at radius 1 is 0.946 bits per heavy atom. The number of hydrogen-bond donors (Lipinski definition) is 1. The number of unbranched alkanes of at least 4 members (excludes halogenated alkanes) is 1. The minimum Gasteiger partial charge on any atom is -0.487 e. The number of carbonyl (C=O) groups excluding carboxylic acids is 1. The molecule has 1 heterocycles. The number of nitrogens with zero attached hydrogens (tertiary/aromatic N) is 1. The first-order valence-corrected chi connectivity index (χ1v) is 11.9. The number of rotatable bonds is 10. The van der Waals surface area contributed by atoms with Crippen LogP contribution in [-0.2, 0) is 13.2 Å². The third kappa shape index (κ3) is 7.19. The minimum atomic E-state index is -4.81. The van der Waals surface area contributed by atoms with E-state index < -0.39 is 12.5 Å². The zero-order valence-electron chi connectivity index (χ0n) is 20.3. The lowest BCUT2D eigenvalue weighted by Gasteiger charge is -2.16. The summed E-state index contributed by atoms with van der Waals surface area (Å²) < 4.78 is 56.4. The number of carbonyl (C=O) groups is 1. The highest BCUT2D eigenvalue weighted by atomic mass is 19.4. The first-order chi connectivity index (χ1) is 17.8. The number of para-hydroxylation sites is 2. The molecule has 194 valence electrons. The Labute approximate surface area is 212 Å². The maximum absolute atomic E-state index is 13.0. The molecule has 0 bridgehead atoms. The lowest BCUT2D eigenvalue weighted by molar-refractivity contribution is -0.274. The van der Waals surface area contributed by atoms with Crippen LogP contribution in [0.3, 0.4) is 0 Å². The lowest BCUT2D eigenvalue weighted by Crippen LogP contribution is -2.27. The molecule has 0 spiro atoms. The van der Waals surface area contributed by atoms with Gasteiger partial charge in [0, 0.05) is 23.0 Å². The van der Waals surface area contributed by atoms with Crippen LogP contribution in [0.25, 0.3) is 10.9 Å². The molecule has 1 aromatic heterocycles. The highest BCUT2D eigenvalue weighted by Gasteiger charge is 2.32. The van der Waals surface area contributed by atoms with Gasteiger partial charge in [0.2, 0.25) is 0 Å². The number of amides is 1. The summed E-state index contributed by atoms with van der Waals surface area (Å²) in [4.78, 5) is 12.1. The Kier molecular flexibility index (Phi) is 8.22. The summed E-state index contributed by atoms with van der Waals surface area (Å²) in [6.45, 7) is 2.84. The maximum Gasteiger partial charge on any atom is 0.573 e. The van der Waals surface area contributed by atoms with Gasteiger partial charge in [-0.15, -0.1) is 13.2 Å². The van der Waals surface area contributed by atoms with Crippen LogP contribution in [-0.4, -0.2) is 23.6 Å². The van der Waals surface area contributed by atoms with E-state index in [-0.39, 0.29) is 18.9 Å². The fourth-order valence-corrected chi connectivity index (χ4v) is 3.89. The summed E-state index contributed by atoms with van der Waals surface area (Å²) in [5.74, 6) is 0.748. The van der Waals surface area contributed by atoms with Crippen LogP contribution in [0.4, 0.5) is 18.0 Å². The fourth-order valence-electron chi connectivity index (χ4n) is 3.89. The average Bonchev–Trinajstić information content (AvgIpc) is 3.20. The second-order valence-corrected chi connectivity index (χ2v) is 8.37. The Hall–Kier alpha value is -4.14. The molecule has 1 N–H and O–H groups in total. The lowest BCUT2D eigenvalue weighted by atomic mass is 10.2. The van der Waals surface area contributed by atoms with Gasteiger partial charge in [-0.1, -0.05) is 49.7 Å². The van der Waals surface area contributed by atoms with Crippen LogP contribution >= 0.6 is 0 Å². The van der Waals surface area contributed by atoms with Crippen LogP contribution in [0, 0.1) is 0 Å². The van der Waals surface area contributed by atoms with Crippen LogP contribution < -0.4 is 19.5 Å². The predicted molar refractivity (Wildman–Crippen MR) is 134 cm³/mol. The average molecular weight is 513 g/mol. The van der Waals surface area contributed by atoms with E-state index in [9.17, 15) is 18.0 Å². The SMILES string of the molecule is CCCCNC(=O)Oc1ccc2c(c1)cc(COc1ccccc1)n2Cc1ccccc1OC(F)(F)F. The van der Waals surface area contributed by atoms with Gasteiger partial charge in [-0.25, -0.2) is 4.79 Å². The quantitative estimate of drug-likeness (QED) is 0.231. The number of halogens is 3. The molecule has 37 heavy (non-hydrogen) atoms. The topological polar surface area (TPSA) is 61.7 Å². The van der Waals surface area contributed by atoms with Crippen molar-refractivity contribution in [1.82, 2.24) is 9.88 Å². The molecule has 0 unspecified atom stereocenters. The van der Waals surface area contributed by atoms with E-state index in [1.54, 1.807) is 30.3 Å². The molecule has 4 aromatic rings. The normalized spacial score (nSPS) is 11.4. The molecule has 9 heteroatoms. The minimum absolute atomic E-state index is 0.112. The molecule has 0 aliphatic carbocycles. The number of hydrogen-bond acceptors (Lipinski definition) is 4. The molecule has 0 saturated heterocycles. The Morgan fingerprint density at radius 2 is 1.70 bits per heavy atom. The van der Waals surface area contributed by atoms with Gasteiger partial charge < -0.3 is 24.1 Å². The van der Waals surface area contributed by atoms with E-state index in [1.165, 1.54) is 12.1 Å². The second-order valence-electron chi connectivity index (χ2n) is 8.37. The summed E-state index contributed by atoms with van der Waals surface area (Å²) in [6.07, 6.45) is -3.55. The zero-order valence-corrected chi connectivity index (χ0v) is 20.3. The van der Waals surface area contributed by atoms with Gasteiger partial charge in [-0.2, -0.15) is 0 Å². The Morgan fingerprint density at radius 3 is 2.46 bits per heavy atom. The van der Waals surface area contributed by atoms with Crippen LogP contribution in [0.5, 0.6) is 17.2 Å². The van der Waals surface area contributed by atoms with E-state index in [4.69, 9.17) is 9.47 Å². The molecule has 0 fully saturated rings. The van der Waals surface area contributed by atoms with Crippen molar-refractivity contribution < 1.29 is 32.2 Å². The first-order valence-electron chi connectivity index (χ1n) is 11.9. The van der Waals surface area contributed by atoms with Gasteiger partial charge in [0.1, 0.15) is 23.9 Å². The van der Waals surface area contributed by atoms with Gasteiger partial charge >= 0.3 is 12.5 Å². The van der Waals surface area contributed by atoms with Crippen molar-refractivity contribution in [3.8, 4) is 17.2 Å². The Balaban J connectivity index is 1.65. The van der Waals surface area contributed by atoms with Crippen LogP contribution in [0.15, 0.2) is 78.9 Å². The maximum atomic E-state index is 13.0. The van der Waals surface area contributed by atoms with Gasteiger partial charge in [0.25, 0.3) is 0 Å². The standard InChI is InChI=1S/C28H27F3N2O4/c1-2-3-15-32-27(34)36-24-13-14-25-21(17-24)16-22(19-35-23-10-5-4-6-11-23)33(25)18-20-9-7-8-12-26(20)37-28(29,30)31/h4-14,16-17H,2-3,15,18-19H2,1H3,(H,32,34). The number of alkyl halides is 3. The molecule has 6 nitrogen and oxygen atoms in total. The fraction of sp³-hybridized carbons (Fsp3) is 0.250. The van der Waals surface area contributed by atoms with E-state index in [0.717, 1.165) is 29.4 Å². The largest absolute Gasteiger partial charge is 0.573 e. The zero-order chi connectivity index (χ0) is 26.3. The number of nitrogens with one attached hydrogen (secondary N) is 1. The van der Waals surface area contributed by atoms with Crippen molar-refractivity contribution in [3.63, 3.8) is 0 Å². The molecule has 0 atom stereocenters. The van der Waals surface area contributed by atoms with E-state index in [2.05, 4.69) is 10.1 Å². The van der Waals surface area contributed by atoms with Crippen molar-refractivity contribution >= 4 is 17.0 Å². The second kappa shape index (κ2) is 11.7. The molecule has 0 aliphatic heterocycles. The third-order valence-electron chi connectivity index (χ3n) is 5.63. The number of benzene rings is 3. The molecular formula is C28H27F3N2O4. The van der Waals surface area contributed by atoms with E-state index in [1.807, 2.05) is 47.9 Å². The Bertz CT molecular complexity index is 1340. The number of ether oxygens (including phenoxy) is 3. The predicted octanol–water partition coefficient (Wildman–Crippen LogP) is 7.06. The van der Waals surface area contributed by atoms with Crippen molar-refractivity contribution in [2.75, 3.05) is 6.54 Å². The molecule has 3 aromatic carbocycles. The van der Waals surface area contributed by atoms with Crippen LogP contribution in [0.1, 0.15) is 31.0 Å². The number of aromatic nitrogens is 1. The van der Waals surface area contributed by atoms with Crippen molar-refractivity contribution in [2.45, 2.75) is 39.3 Å². The van der Waals surface area contributed by atoms with Crippen molar-refractivity contribution in [3.05, 3.63) is 90.1 Å². The third-order valence-corrected chi connectivity index (χ3v) is 5.63. The van der Waals surface area contributed by atoms with Crippen molar-refractivity contribution in [1.29, 1.82) is 0 Å². The molecule has 0 radical (unpaired) electrons. The summed E-state index contributed by atoms with van der Waals surface area (Å²) in [5.41, 5.74) is 1.83. The van der Waals surface area contributed by atoms with Gasteiger partial charge in [-0.05, 0) is 48.9 Å². The molecular weight excluding hydrogens is 485 g/mol. The summed E-state index contributed by atoms with van der Waals surface area (Å²) in [5, 5.41) is 3.45. The summed E-state index contributed by atoms with van der Waals surface area (Å²) in [7, 11) is 0. The van der Waals surface area contributed by atoms with Gasteiger partial charge in [0.05, 0.1) is 12.2 Å². The molecule has 0 saturated carbocycles. The monoisotopic (exact) mass is 512 g/mol. The van der Waals surface area contributed by atoms with Gasteiger partial charge in [-0.3, -0.25) is 0 Å². The highest BCUT2D eigenvalue weighted by Crippen LogP contribution is 2.31. The van der Waals surface area contributed by atoms with Crippen molar-refractivity contribution in [2.24, 2.45) is 0 Å². The first kappa shape index (κ1) is 25.9. The van der Waals surface area contributed by atoms with Crippen LogP contribution in [0.2, 0.25) is 0 Å².